The van der Waals surface area contributed by atoms with Crippen LogP contribution in [0.1, 0.15) is 37.7 Å². The zero-order chi connectivity index (χ0) is 13.8. The molecule has 5 heteroatoms. The molecule has 0 spiro atoms. The van der Waals surface area contributed by atoms with Crippen LogP contribution in [0.3, 0.4) is 0 Å². The summed E-state index contributed by atoms with van der Waals surface area (Å²) in [6, 6.07) is 5.77. The second kappa shape index (κ2) is 5.99. The molecule has 104 valence electrons. The molecule has 0 heterocycles. The summed E-state index contributed by atoms with van der Waals surface area (Å²) in [4.78, 5) is 10.8. The largest absolute Gasteiger partial charge is 0.490 e. The number of benzene rings is 1. The minimum atomic E-state index is -2.47. The molecule has 0 amide bonds. The Hall–Kier alpha value is -1.65. The van der Waals surface area contributed by atoms with Gasteiger partial charge in [0, 0.05) is 5.56 Å². The summed E-state index contributed by atoms with van der Waals surface area (Å²) in [6.45, 7) is 0. The summed E-state index contributed by atoms with van der Waals surface area (Å²) >= 11 is 0. The standard InChI is InChI=1S/C14H16F2O3/c15-13(16)9-1-5-11(6-2-9)19-12-7-3-10(4-8-12)14(17)18/h1-2,5-6,10,12-13H,3-4,7-8H2,(H,17,18). The van der Waals surface area contributed by atoms with Crippen LogP contribution in [0.2, 0.25) is 0 Å². The lowest BCUT2D eigenvalue weighted by atomic mass is 9.87. The van der Waals surface area contributed by atoms with Crippen LogP contribution in [-0.4, -0.2) is 17.2 Å². The number of hydrogen-bond donors (Lipinski definition) is 1. The lowest BCUT2D eigenvalue weighted by Crippen LogP contribution is -2.27. The zero-order valence-electron chi connectivity index (χ0n) is 10.4. The Morgan fingerprint density at radius 3 is 2.21 bits per heavy atom. The van der Waals surface area contributed by atoms with E-state index in [-0.39, 0.29) is 17.6 Å². The number of carboxylic acids is 1. The van der Waals surface area contributed by atoms with Crippen LogP contribution in [0, 0.1) is 5.92 Å². The molecular weight excluding hydrogens is 254 g/mol. The number of aliphatic carboxylic acids is 1. The van der Waals surface area contributed by atoms with Crippen molar-refractivity contribution in [3.63, 3.8) is 0 Å². The highest BCUT2D eigenvalue weighted by atomic mass is 19.3. The Bertz CT molecular complexity index is 423. The highest BCUT2D eigenvalue weighted by Crippen LogP contribution is 2.28. The first kappa shape index (κ1) is 13.8. The highest BCUT2D eigenvalue weighted by Gasteiger charge is 2.26. The van der Waals surface area contributed by atoms with E-state index in [0.717, 1.165) is 0 Å². The van der Waals surface area contributed by atoms with Gasteiger partial charge in [-0.15, -0.1) is 0 Å². The summed E-state index contributed by atoms with van der Waals surface area (Å²) in [7, 11) is 0. The minimum absolute atomic E-state index is 0.0204. The molecule has 0 bridgehead atoms. The first-order valence-electron chi connectivity index (χ1n) is 6.34. The molecule has 0 radical (unpaired) electrons. The predicted octanol–water partition coefficient (Wildman–Crippen LogP) is 3.65. The third kappa shape index (κ3) is 3.66. The predicted molar refractivity (Wildman–Crippen MR) is 65.4 cm³/mol. The van der Waals surface area contributed by atoms with Gasteiger partial charge in [-0.25, -0.2) is 8.78 Å². The number of carbonyl (C=O) groups is 1. The smallest absolute Gasteiger partial charge is 0.306 e. The number of alkyl halides is 2. The van der Waals surface area contributed by atoms with E-state index in [1.165, 1.54) is 24.3 Å². The maximum Gasteiger partial charge on any atom is 0.306 e. The fourth-order valence-electron chi connectivity index (χ4n) is 2.31. The van der Waals surface area contributed by atoms with Crippen LogP contribution in [-0.2, 0) is 4.79 Å². The van der Waals surface area contributed by atoms with E-state index in [1.807, 2.05) is 0 Å². The topological polar surface area (TPSA) is 46.5 Å². The Labute approximate surface area is 110 Å². The molecule has 1 saturated carbocycles. The molecular formula is C14H16F2O3. The molecule has 1 N–H and O–H groups in total. The summed E-state index contributed by atoms with van der Waals surface area (Å²) in [6.07, 6.45) is 0.0961. The molecule has 3 nitrogen and oxygen atoms in total. The van der Waals surface area contributed by atoms with Crippen molar-refractivity contribution >= 4 is 5.97 Å². The summed E-state index contributed by atoms with van der Waals surface area (Å²) in [5, 5.41) is 8.88. The quantitative estimate of drug-likeness (QED) is 0.908. The molecule has 0 unspecified atom stereocenters. The van der Waals surface area contributed by atoms with Gasteiger partial charge in [0.1, 0.15) is 5.75 Å². The second-order valence-electron chi connectivity index (χ2n) is 4.80. The molecule has 1 aromatic rings. The molecule has 19 heavy (non-hydrogen) atoms. The van der Waals surface area contributed by atoms with Gasteiger partial charge in [-0.1, -0.05) is 0 Å². The van der Waals surface area contributed by atoms with Gasteiger partial charge in [0.25, 0.3) is 6.43 Å². The highest BCUT2D eigenvalue weighted by molar-refractivity contribution is 5.70. The van der Waals surface area contributed by atoms with E-state index >= 15 is 0 Å². The Balaban J connectivity index is 1.87. The van der Waals surface area contributed by atoms with Gasteiger partial charge in [-0.3, -0.25) is 4.79 Å². The summed E-state index contributed by atoms with van der Waals surface area (Å²) in [5.74, 6) is -0.469. The number of ether oxygens (including phenoxy) is 1. The molecule has 0 aliphatic heterocycles. The van der Waals surface area contributed by atoms with Gasteiger partial charge in [0.05, 0.1) is 12.0 Å². The van der Waals surface area contributed by atoms with Crippen LogP contribution < -0.4 is 4.74 Å². The molecule has 2 rings (SSSR count). The monoisotopic (exact) mass is 270 g/mol. The molecule has 0 saturated heterocycles. The van der Waals surface area contributed by atoms with Crippen molar-refractivity contribution in [1.82, 2.24) is 0 Å². The van der Waals surface area contributed by atoms with Crippen LogP contribution in [0.15, 0.2) is 24.3 Å². The summed E-state index contributed by atoms with van der Waals surface area (Å²) in [5.41, 5.74) is -0.0260. The second-order valence-corrected chi connectivity index (χ2v) is 4.80. The van der Waals surface area contributed by atoms with Gasteiger partial charge < -0.3 is 9.84 Å². The summed E-state index contributed by atoms with van der Waals surface area (Å²) < 4.78 is 30.4. The van der Waals surface area contributed by atoms with Crippen molar-refractivity contribution in [1.29, 1.82) is 0 Å². The van der Waals surface area contributed by atoms with Crippen molar-refractivity contribution in [2.75, 3.05) is 0 Å². The molecule has 1 aromatic carbocycles. The Kier molecular flexibility index (Phi) is 4.35. The number of halogens is 2. The lowest BCUT2D eigenvalue weighted by Gasteiger charge is -2.26. The van der Waals surface area contributed by atoms with E-state index in [2.05, 4.69) is 0 Å². The molecule has 1 aliphatic rings. The molecule has 1 fully saturated rings. The molecule has 0 atom stereocenters. The van der Waals surface area contributed by atoms with E-state index < -0.39 is 12.4 Å². The van der Waals surface area contributed by atoms with E-state index in [1.54, 1.807) is 0 Å². The van der Waals surface area contributed by atoms with Crippen LogP contribution in [0.4, 0.5) is 8.78 Å². The van der Waals surface area contributed by atoms with Gasteiger partial charge in [-0.2, -0.15) is 0 Å². The fourth-order valence-corrected chi connectivity index (χ4v) is 2.31. The van der Waals surface area contributed by atoms with Crippen molar-refractivity contribution < 1.29 is 23.4 Å². The zero-order valence-corrected chi connectivity index (χ0v) is 10.4. The Morgan fingerprint density at radius 1 is 1.16 bits per heavy atom. The van der Waals surface area contributed by atoms with E-state index in [4.69, 9.17) is 9.84 Å². The maximum absolute atomic E-state index is 12.4. The number of rotatable bonds is 4. The van der Waals surface area contributed by atoms with Gasteiger partial charge in [-0.05, 0) is 49.9 Å². The third-order valence-corrected chi connectivity index (χ3v) is 3.46. The van der Waals surface area contributed by atoms with E-state index in [0.29, 0.717) is 31.4 Å². The first-order valence-corrected chi connectivity index (χ1v) is 6.34. The normalized spacial score (nSPS) is 23.3. The first-order chi connectivity index (χ1) is 9.06. The average Bonchev–Trinajstić information content (AvgIpc) is 2.40. The van der Waals surface area contributed by atoms with Crippen molar-refractivity contribution in [3.8, 4) is 5.75 Å². The van der Waals surface area contributed by atoms with Gasteiger partial charge in [0.2, 0.25) is 0 Å². The van der Waals surface area contributed by atoms with Crippen molar-refractivity contribution in [2.45, 2.75) is 38.2 Å². The third-order valence-electron chi connectivity index (χ3n) is 3.46. The number of hydrogen-bond acceptors (Lipinski definition) is 2. The minimum Gasteiger partial charge on any atom is -0.490 e. The SMILES string of the molecule is O=C(O)C1CCC(Oc2ccc(C(F)F)cc2)CC1. The van der Waals surface area contributed by atoms with Gasteiger partial charge in [0.15, 0.2) is 0 Å². The Morgan fingerprint density at radius 2 is 1.74 bits per heavy atom. The average molecular weight is 270 g/mol. The number of carboxylic acid groups (broad SMARTS) is 1. The van der Waals surface area contributed by atoms with Crippen LogP contribution in [0.5, 0.6) is 5.75 Å². The van der Waals surface area contributed by atoms with Crippen LogP contribution in [0.25, 0.3) is 0 Å². The van der Waals surface area contributed by atoms with Crippen molar-refractivity contribution in [3.05, 3.63) is 29.8 Å². The van der Waals surface area contributed by atoms with Gasteiger partial charge >= 0.3 is 5.97 Å². The fraction of sp³-hybridized carbons (Fsp3) is 0.500. The lowest BCUT2D eigenvalue weighted by molar-refractivity contribution is -0.143. The molecule has 1 aliphatic carbocycles. The van der Waals surface area contributed by atoms with Crippen LogP contribution >= 0.6 is 0 Å². The van der Waals surface area contributed by atoms with E-state index in [9.17, 15) is 13.6 Å². The molecule has 0 aromatic heterocycles. The van der Waals surface area contributed by atoms with Crippen molar-refractivity contribution in [2.24, 2.45) is 5.92 Å². The maximum atomic E-state index is 12.4.